The number of nitrogens with two attached hydrogens (primary N) is 1. The molecule has 108 valence electrons. The first-order valence-corrected chi connectivity index (χ1v) is 7.76. The minimum absolute atomic E-state index is 0.626. The van der Waals surface area contributed by atoms with Crippen molar-refractivity contribution in [1.29, 1.82) is 0 Å². The summed E-state index contributed by atoms with van der Waals surface area (Å²) in [6, 6.07) is 0. The van der Waals surface area contributed by atoms with Gasteiger partial charge in [-0.3, -0.25) is 0 Å². The van der Waals surface area contributed by atoms with Crippen LogP contribution in [-0.4, -0.2) is 44.2 Å². The molecule has 0 amide bonds. The van der Waals surface area contributed by atoms with Crippen LogP contribution in [0.25, 0.3) is 0 Å². The standard InChI is InChI=1S/C15H33N3/c1-13(2)15(11-16)12-17-7-4-8-18-9-5-14(3)6-10-18/h13-15,17H,4-12,16H2,1-3H3. The lowest BCUT2D eigenvalue weighted by atomic mass is 9.96. The summed E-state index contributed by atoms with van der Waals surface area (Å²) in [7, 11) is 0. The molecule has 0 aliphatic carbocycles. The molecule has 0 spiro atoms. The fourth-order valence-electron chi connectivity index (χ4n) is 2.59. The zero-order chi connectivity index (χ0) is 13.4. The third kappa shape index (κ3) is 6.17. The highest BCUT2D eigenvalue weighted by atomic mass is 15.1. The Morgan fingerprint density at radius 3 is 2.50 bits per heavy atom. The SMILES string of the molecule is CC1CCN(CCCNCC(CN)C(C)C)CC1. The number of rotatable bonds is 8. The molecule has 1 rings (SSSR count). The Hall–Kier alpha value is -0.120. The topological polar surface area (TPSA) is 41.3 Å². The van der Waals surface area contributed by atoms with Gasteiger partial charge >= 0.3 is 0 Å². The van der Waals surface area contributed by atoms with Gasteiger partial charge in [-0.15, -0.1) is 0 Å². The Kier molecular flexibility index (Phi) is 7.87. The molecule has 1 atom stereocenters. The summed E-state index contributed by atoms with van der Waals surface area (Å²) in [5, 5.41) is 3.56. The van der Waals surface area contributed by atoms with Gasteiger partial charge in [-0.25, -0.2) is 0 Å². The first-order chi connectivity index (χ1) is 8.63. The number of nitrogens with one attached hydrogen (secondary N) is 1. The summed E-state index contributed by atoms with van der Waals surface area (Å²) in [5.74, 6) is 2.25. The quantitative estimate of drug-likeness (QED) is 0.651. The Morgan fingerprint density at radius 2 is 1.94 bits per heavy atom. The third-order valence-electron chi connectivity index (χ3n) is 4.36. The van der Waals surface area contributed by atoms with Crippen LogP contribution in [0.5, 0.6) is 0 Å². The van der Waals surface area contributed by atoms with Crippen molar-refractivity contribution < 1.29 is 0 Å². The second-order valence-corrected chi connectivity index (χ2v) is 6.32. The molecule has 1 heterocycles. The Balaban J connectivity index is 1.98. The van der Waals surface area contributed by atoms with Crippen molar-refractivity contribution in [3.8, 4) is 0 Å². The number of hydrogen-bond donors (Lipinski definition) is 2. The largest absolute Gasteiger partial charge is 0.330 e. The van der Waals surface area contributed by atoms with Gasteiger partial charge in [0.15, 0.2) is 0 Å². The smallest absolute Gasteiger partial charge is 0.000600 e. The van der Waals surface area contributed by atoms with Gasteiger partial charge in [0.05, 0.1) is 0 Å². The summed E-state index contributed by atoms with van der Waals surface area (Å²) in [6.45, 7) is 13.8. The van der Waals surface area contributed by atoms with Crippen molar-refractivity contribution in [3.63, 3.8) is 0 Å². The molecule has 0 aromatic heterocycles. The molecule has 3 N–H and O–H groups in total. The van der Waals surface area contributed by atoms with Crippen molar-refractivity contribution in [1.82, 2.24) is 10.2 Å². The first kappa shape index (κ1) is 15.9. The molecule has 0 radical (unpaired) electrons. The Bertz CT molecular complexity index is 198. The molecule has 1 saturated heterocycles. The van der Waals surface area contributed by atoms with Crippen LogP contribution in [0.4, 0.5) is 0 Å². The monoisotopic (exact) mass is 255 g/mol. The highest BCUT2D eigenvalue weighted by molar-refractivity contribution is 4.70. The summed E-state index contributed by atoms with van der Waals surface area (Å²) >= 11 is 0. The van der Waals surface area contributed by atoms with E-state index in [4.69, 9.17) is 5.73 Å². The molecule has 1 aliphatic heterocycles. The van der Waals surface area contributed by atoms with Crippen LogP contribution in [0.2, 0.25) is 0 Å². The van der Waals surface area contributed by atoms with E-state index in [0.29, 0.717) is 11.8 Å². The molecule has 18 heavy (non-hydrogen) atoms. The van der Waals surface area contributed by atoms with Gasteiger partial charge in [0, 0.05) is 0 Å². The lowest BCUT2D eigenvalue weighted by Gasteiger charge is -2.30. The van der Waals surface area contributed by atoms with Gasteiger partial charge in [-0.1, -0.05) is 20.8 Å². The van der Waals surface area contributed by atoms with Crippen molar-refractivity contribution in [2.45, 2.75) is 40.0 Å². The van der Waals surface area contributed by atoms with Gasteiger partial charge in [-0.05, 0) is 76.3 Å². The number of nitrogens with zero attached hydrogens (tertiary/aromatic N) is 1. The van der Waals surface area contributed by atoms with Crippen LogP contribution in [0.3, 0.4) is 0 Å². The van der Waals surface area contributed by atoms with E-state index >= 15 is 0 Å². The van der Waals surface area contributed by atoms with Crippen LogP contribution >= 0.6 is 0 Å². The molecular weight excluding hydrogens is 222 g/mol. The van der Waals surface area contributed by atoms with Gasteiger partial charge < -0.3 is 16.0 Å². The van der Waals surface area contributed by atoms with Crippen molar-refractivity contribution >= 4 is 0 Å². The first-order valence-electron chi connectivity index (χ1n) is 7.76. The van der Waals surface area contributed by atoms with E-state index in [1.165, 1.54) is 38.9 Å². The minimum atomic E-state index is 0.626. The molecule has 3 heteroatoms. The maximum absolute atomic E-state index is 5.77. The summed E-state index contributed by atoms with van der Waals surface area (Å²) < 4.78 is 0. The minimum Gasteiger partial charge on any atom is -0.330 e. The third-order valence-corrected chi connectivity index (χ3v) is 4.36. The van der Waals surface area contributed by atoms with E-state index in [2.05, 4.69) is 31.0 Å². The Morgan fingerprint density at radius 1 is 1.28 bits per heavy atom. The summed E-state index contributed by atoms with van der Waals surface area (Å²) in [6.07, 6.45) is 4.04. The van der Waals surface area contributed by atoms with Crippen LogP contribution < -0.4 is 11.1 Å². The molecule has 1 fully saturated rings. The average Bonchev–Trinajstić information content (AvgIpc) is 2.35. The van der Waals surface area contributed by atoms with E-state index < -0.39 is 0 Å². The molecule has 0 aromatic rings. The van der Waals surface area contributed by atoms with Crippen LogP contribution in [0.15, 0.2) is 0 Å². The zero-order valence-electron chi connectivity index (χ0n) is 12.6. The number of likely N-dealkylation sites (tertiary alicyclic amines) is 1. The van der Waals surface area contributed by atoms with Crippen molar-refractivity contribution in [2.24, 2.45) is 23.5 Å². The second kappa shape index (κ2) is 8.89. The van der Waals surface area contributed by atoms with Crippen LogP contribution in [0.1, 0.15) is 40.0 Å². The molecule has 1 aliphatic rings. The van der Waals surface area contributed by atoms with Crippen molar-refractivity contribution in [3.05, 3.63) is 0 Å². The van der Waals surface area contributed by atoms with Gasteiger partial charge in [-0.2, -0.15) is 0 Å². The fraction of sp³-hybridized carbons (Fsp3) is 1.00. The molecule has 3 nitrogen and oxygen atoms in total. The summed E-state index contributed by atoms with van der Waals surface area (Å²) in [4.78, 5) is 2.62. The second-order valence-electron chi connectivity index (χ2n) is 6.32. The summed E-state index contributed by atoms with van der Waals surface area (Å²) in [5.41, 5.74) is 5.77. The normalized spacial score (nSPS) is 20.5. The number of hydrogen-bond acceptors (Lipinski definition) is 3. The van der Waals surface area contributed by atoms with E-state index in [0.717, 1.165) is 25.6 Å². The van der Waals surface area contributed by atoms with Crippen molar-refractivity contribution in [2.75, 3.05) is 39.3 Å². The van der Waals surface area contributed by atoms with E-state index in [1.54, 1.807) is 0 Å². The lowest BCUT2D eigenvalue weighted by molar-refractivity contribution is 0.190. The highest BCUT2D eigenvalue weighted by Gasteiger charge is 2.15. The fourth-order valence-corrected chi connectivity index (χ4v) is 2.59. The molecular formula is C15H33N3. The Labute approximate surface area is 113 Å². The zero-order valence-corrected chi connectivity index (χ0v) is 12.6. The van der Waals surface area contributed by atoms with E-state index in [9.17, 15) is 0 Å². The molecule has 0 bridgehead atoms. The van der Waals surface area contributed by atoms with E-state index in [1.807, 2.05) is 0 Å². The highest BCUT2D eigenvalue weighted by Crippen LogP contribution is 2.15. The van der Waals surface area contributed by atoms with E-state index in [-0.39, 0.29) is 0 Å². The molecule has 1 unspecified atom stereocenters. The van der Waals surface area contributed by atoms with Crippen LogP contribution in [0, 0.1) is 17.8 Å². The molecule has 0 saturated carbocycles. The molecule has 0 aromatic carbocycles. The van der Waals surface area contributed by atoms with Gasteiger partial charge in [0.2, 0.25) is 0 Å². The van der Waals surface area contributed by atoms with Gasteiger partial charge in [0.1, 0.15) is 0 Å². The number of piperidine rings is 1. The maximum atomic E-state index is 5.77. The average molecular weight is 255 g/mol. The predicted molar refractivity (Wildman–Crippen MR) is 79.7 cm³/mol. The van der Waals surface area contributed by atoms with Gasteiger partial charge in [0.25, 0.3) is 0 Å². The lowest BCUT2D eigenvalue weighted by Crippen LogP contribution is -2.36. The predicted octanol–water partition coefficient (Wildman–Crippen LogP) is 1.93. The van der Waals surface area contributed by atoms with Crippen LogP contribution in [-0.2, 0) is 0 Å². The maximum Gasteiger partial charge on any atom is -0.000600 e.